The van der Waals surface area contributed by atoms with Crippen LogP contribution in [0.25, 0.3) is 0 Å². The van der Waals surface area contributed by atoms with Gasteiger partial charge in [0.15, 0.2) is 0 Å². The van der Waals surface area contributed by atoms with E-state index in [9.17, 15) is 0 Å². The third-order valence-corrected chi connectivity index (χ3v) is 3.84. The van der Waals surface area contributed by atoms with Gasteiger partial charge in [-0.1, -0.05) is 33.6 Å². The molecule has 0 aliphatic heterocycles. The molecule has 2 nitrogen and oxygen atoms in total. The van der Waals surface area contributed by atoms with Gasteiger partial charge in [-0.25, -0.2) is 0 Å². The minimum absolute atomic E-state index is 0.193. The zero-order chi connectivity index (χ0) is 14.5. The highest BCUT2D eigenvalue weighted by atomic mass is 32.1. The fourth-order valence-electron chi connectivity index (χ4n) is 2.21. The van der Waals surface area contributed by atoms with E-state index in [1.807, 2.05) is 0 Å². The van der Waals surface area contributed by atoms with Crippen LogP contribution in [0.4, 0.5) is 0 Å². The number of thiol groups is 1. The molecule has 0 spiro atoms. The largest absolute Gasteiger partial charge is 0.376 e. The molecular weight excluding hydrogens is 256 g/mol. The van der Waals surface area contributed by atoms with Gasteiger partial charge in [0, 0.05) is 13.2 Å². The summed E-state index contributed by atoms with van der Waals surface area (Å²) in [7, 11) is 0. The van der Waals surface area contributed by atoms with Gasteiger partial charge < -0.3 is 9.47 Å². The van der Waals surface area contributed by atoms with Crippen molar-refractivity contribution in [3.8, 4) is 0 Å². The molecule has 0 radical (unpaired) electrons. The van der Waals surface area contributed by atoms with Crippen LogP contribution in [0.5, 0.6) is 0 Å². The van der Waals surface area contributed by atoms with Gasteiger partial charge in [-0.2, -0.15) is 12.6 Å². The predicted octanol–water partition coefficient (Wildman–Crippen LogP) is 4.72. The maximum absolute atomic E-state index is 6.08. The van der Waals surface area contributed by atoms with Gasteiger partial charge in [0.1, 0.15) is 0 Å². The Morgan fingerprint density at radius 2 is 1.47 bits per heavy atom. The first-order valence-corrected chi connectivity index (χ1v) is 8.64. The molecule has 0 aliphatic carbocycles. The van der Waals surface area contributed by atoms with E-state index in [1.54, 1.807) is 0 Å². The summed E-state index contributed by atoms with van der Waals surface area (Å²) in [4.78, 5) is 0. The van der Waals surface area contributed by atoms with Crippen molar-refractivity contribution in [2.75, 3.05) is 19.0 Å². The minimum Gasteiger partial charge on any atom is -0.376 e. The first-order chi connectivity index (χ1) is 9.17. The van der Waals surface area contributed by atoms with Gasteiger partial charge >= 0.3 is 0 Å². The quantitative estimate of drug-likeness (QED) is 0.391. The van der Waals surface area contributed by atoms with Crippen molar-refractivity contribution in [3.63, 3.8) is 0 Å². The highest BCUT2D eigenvalue weighted by Gasteiger charge is 2.24. The van der Waals surface area contributed by atoms with Crippen LogP contribution in [-0.4, -0.2) is 31.2 Å². The monoisotopic (exact) mass is 290 g/mol. The second kappa shape index (κ2) is 13.3. The van der Waals surface area contributed by atoms with E-state index in [0.29, 0.717) is 5.92 Å². The molecule has 0 aromatic carbocycles. The maximum atomic E-state index is 6.08. The molecule has 0 amide bonds. The SMILES string of the molecule is CCCCOC(C)C(OCCCC)C(C)CCCS. The second-order valence-electron chi connectivity index (χ2n) is 5.46. The summed E-state index contributed by atoms with van der Waals surface area (Å²) in [5.41, 5.74) is 0. The molecule has 0 rings (SSSR count). The van der Waals surface area contributed by atoms with Crippen molar-refractivity contribution in [1.29, 1.82) is 0 Å². The Morgan fingerprint density at radius 1 is 0.895 bits per heavy atom. The standard InChI is InChI=1S/C16H34O2S/c1-5-7-11-17-15(4)16(18-12-8-6-2)14(3)10-9-13-19/h14-16,19H,5-13H2,1-4H3. The Labute approximate surface area is 126 Å². The molecule has 0 aromatic rings. The van der Waals surface area contributed by atoms with E-state index in [-0.39, 0.29) is 12.2 Å². The van der Waals surface area contributed by atoms with Gasteiger partial charge in [0.25, 0.3) is 0 Å². The van der Waals surface area contributed by atoms with Gasteiger partial charge in [0.2, 0.25) is 0 Å². The van der Waals surface area contributed by atoms with Crippen LogP contribution in [0.3, 0.4) is 0 Å². The third kappa shape index (κ3) is 9.75. The molecule has 0 saturated heterocycles. The zero-order valence-corrected chi connectivity index (χ0v) is 14.3. The van der Waals surface area contributed by atoms with E-state index in [2.05, 4.69) is 40.3 Å². The van der Waals surface area contributed by atoms with E-state index in [4.69, 9.17) is 9.47 Å². The summed E-state index contributed by atoms with van der Waals surface area (Å²) < 4.78 is 12.0. The lowest BCUT2D eigenvalue weighted by atomic mass is 9.95. The van der Waals surface area contributed by atoms with Crippen LogP contribution in [0.15, 0.2) is 0 Å². The first-order valence-electron chi connectivity index (χ1n) is 8.01. The van der Waals surface area contributed by atoms with Crippen molar-refractivity contribution in [2.45, 2.75) is 78.4 Å². The number of ether oxygens (including phenoxy) is 2. The highest BCUT2D eigenvalue weighted by molar-refractivity contribution is 7.80. The normalized spacial score (nSPS) is 16.3. The van der Waals surface area contributed by atoms with E-state index in [0.717, 1.165) is 38.2 Å². The summed E-state index contributed by atoms with van der Waals surface area (Å²) in [6, 6.07) is 0. The molecule has 0 fully saturated rings. The molecule has 0 aliphatic rings. The Bertz CT molecular complexity index is 188. The van der Waals surface area contributed by atoms with Crippen LogP contribution in [0.2, 0.25) is 0 Å². The highest BCUT2D eigenvalue weighted by Crippen LogP contribution is 2.20. The molecule has 0 bridgehead atoms. The Hall–Kier alpha value is 0.270. The lowest BCUT2D eigenvalue weighted by molar-refractivity contribution is -0.0898. The van der Waals surface area contributed by atoms with Gasteiger partial charge in [-0.3, -0.25) is 0 Å². The smallest absolute Gasteiger partial charge is 0.0859 e. The summed E-state index contributed by atoms with van der Waals surface area (Å²) in [5, 5.41) is 0. The van der Waals surface area contributed by atoms with E-state index < -0.39 is 0 Å². The van der Waals surface area contributed by atoms with Crippen molar-refractivity contribution < 1.29 is 9.47 Å². The summed E-state index contributed by atoms with van der Waals surface area (Å²) in [6.45, 7) is 10.5. The second-order valence-corrected chi connectivity index (χ2v) is 5.91. The third-order valence-electron chi connectivity index (χ3n) is 3.53. The first kappa shape index (κ1) is 19.3. The van der Waals surface area contributed by atoms with Crippen molar-refractivity contribution >= 4 is 12.6 Å². The molecule has 116 valence electrons. The molecule has 19 heavy (non-hydrogen) atoms. The molecule has 0 aromatic heterocycles. The number of rotatable bonds is 13. The van der Waals surface area contributed by atoms with Crippen molar-refractivity contribution in [3.05, 3.63) is 0 Å². The Kier molecular flexibility index (Phi) is 13.5. The zero-order valence-electron chi connectivity index (χ0n) is 13.4. The summed E-state index contributed by atoms with van der Waals surface area (Å²) in [5.74, 6) is 1.50. The minimum atomic E-state index is 0.193. The fourth-order valence-corrected chi connectivity index (χ4v) is 2.39. The summed E-state index contributed by atoms with van der Waals surface area (Å²) in [6.07, 6.45) is 7.38. The van der Waals surface area contributed by atoms with Crippen LogP contribution < -0.4 is 0 Å². The van der Waals surface area contributed by atoms with E-state index >= 15 is 0 Å². The van der Waals surface area contributed by atoms with Gasteiger partial charge in [-0.15, -0.1) is 0 Å². The van der Waals surface area contributed by atoms with Crippen LogP contribution >= 0.6 is 12.6 Å². The predicted molar refractivity (Wildman–Crippen MR) is 87.2 cm³/mol. The van der Waals surface area contributed by atoms with Crippen LogP contribution in [0.1, 0.15) is 66.2 Å². The average Bonchev–Trinajstić information content (AvgIpc) is 2.41. The molecule has 0 N–H and O–H groups in total. The topological polar surface area (TPSA) is 18.5 Å². The summed E-state index contributed by atoms with van der Waals surface area (Å²) >= 11 is 4.30. The van der Waals surface area contributed by atoms with Gasteiger partial charge in [-0.05, 0) is 44.3 Å². The Morgan fingerprint density at radius 3 is 2.00 bits per heavy atom. The fraction of sp³-hybridized carbons (Fsp3) is 1.00. The molecule has 0 heterocycles. The average molecular weight is 291 g/mol. The number of unbranched alkanes of at least 4 members (excludes halogenated alkanes) is 2. The van der Waals surface area contributed by atoms with Gasteiger partial charge in [0.05, 0.1) is 12.2 Å². The van der Waals surface area contributed by atoms with E-state index in [1.165, 1.54) is 19.3 Å². The lowest BCUT2D eigenvalue weighted by Gasteiger charge is -2.30. The number of hydrogen-bond donors (Lipinski definition) is 1. The molecule has 3 heteroatoms. The van der Waals surface area contributed by atoms with Crippen molar-refractivity contribution in [1.82, 2.24) is 0 Å². The Balaban J connectivity index is 4.20. The molecular formula is C16H34O2S. The van der Waals surface area contributed by atoms with Crippen LogP contribution in [0, 0.1) is 5.92 Å². The lowest BCUT2D eigenvalue weighted by Crippen LogP contribution is -2.35. The van der Waals surface area contributed by atoms with Crippen LogP contribution in [-0.2, 0) is 9.47 Å². The van der Waals surface area contributed by atoms with Crippen molar-refractivity contribution in [2.24, 2.45) is 5.92 Å². The number of hydrogen-bond acceptors (Lipinski definition) is 3. The molecule has 3 unspecified atom stereocenters. The molecule has 0 saturated carbocycles. The maximum Gasteiger partial charge on any atom is 0.0859 e. The molecule has 3 atom stereocenters.